The molecule has 0 saturated carbocycles. The maximum Gasteiger partial charge on any atom is 0.408 e. The standard InChI is InChI=1S/C21H33N3O5/c1-21(2,3)29-20(27)24-17(19(25)26)9-6-14-28-13-5-8-16-11-10-15-7-4-12-22-18(15)23-16/h10-11,17H,4-9,12-14H2,1-3H3,(H,22,23)(H,24,27)(H,25,26)/t17-/m0/s1. The van der Waals surface area contributed by atoms with E-state index in [0.717, 1.165) is 43.7 Å². The highest BCUT2D eigenvalue weighted by Crippen LogP contribution is 2.20. The van der Waals surface area contributed by atoms with Crippen molar-refractivity contribution in [2.75, 3.05) is 25.1 Å². The van der Waals surface area contributed by atoms with Crippen molar-refractivity contribution in [3.63, 3.8) is 0 Å². The van der Waals surface area contributed by atoms with Gasteiger partial charge in [-0.15, -0.1) is 0 Å². The van der Waals surface area contributed by atoms with Gasteiger partial charge in [-0.25, -0.2) is 14.6 Å². The van der Waals surface area contributed by atoms with Crippen LogP contribution in [0.3, 0.4) is 0 Å². The smallest absolute Gasteiger partial charge is 0.408 e. The van der Waals surface area contributed by atoms with Crippen molar-refractivity contribution >= 4 is 17.9 Å². The summed E-state index contributed by atoms with van der Waals surface area (Å²) in [7, 11) is 0. The van der Waals surface area contributed by atoms with Crippen molar-refractivity contribution in [1.82, 2.24) is 10.3 Å². The monoisotopic (exact) mass is 407 g/mol. The first-order valence-corrected chi connectivity index (χ1v) is 10.3. The molecule has 8 heteroatoms. The number of carboxylic acid groups (broad SMARTS) is 1. The van der Waals surface area contributed by atoms with Gasteiger partial charge in [0.15, 0.2) is 0 Å². The lowest BCUT2D eigenvalue weighted by molar-refractivity contribution is -0.139. The van der Waals surface area contributed by atoms with Gasteiger partial charge in [0.2, 0.25) is 0 Å². The highest BCUT2D eigenvalue weighted by atomic mass is 16.6. The topological polar surface area (TPSA) is 110 Å². The molecule has 162 valence electrons. The van der Waals surface area contributed by atoms with E-state index >= 15 is 0 Å². The van der Waals surface area contributed by atoms with E-state index in [4.69, 9.17) is 9.47 Å². The third-order valence-corrected chi connectivity index (χ3v) is 4.44. The number of carbonyl (C=O) groups excluding carboxylic acids is 1. The number of hydrogen-bond acceptors (Lipinski definition) is 6. The average Bonchev–Trinajstić information content (AvgIpc) is 2.64. The number of anilines is 1. The van der Waals surface area contributed by atoms with Crippen molar-refractivity contribution in [1.29, 1.82) is 0 Å². The van der Waals surface area contributed by atoms with Crippen molar-refractivity contribution in [2.45, 2.75) is 70.9 Å². The summed E-state index contributed by atoms with van der Waals surface area (Å²) in [6.07, 6.45) is 4.02. The molecule has 8 nitrogen and oxygen atoms in total. The largest absolute Gasteiger partial charge is 0.480 e. The normalized spacial score (nSPS) is 14.4. The van der Waals surface area contributed by atoms with E-state index in [0.29, 0.717) is 19.6 Å². The molecule has 0 radical (unpaired) electrons. The summed E-state index contributed by atoms with van der Waals surface area (Å²) in [5, 5.41) is 15.0. The highest BCUT2D eigenvalue weighted by molar-refractivity contribution is 5.79. The number of pyridine rings is 1. The fourth-order valence-electron chi connectivity index (χ4n) is 3.06. The summed E-state index contributed by atoms with van der Waals surface area (Å²) >= 11 is 0. The third-order valence-electron chi connectivity index (χ3n) is 4.44. The Bertz CT molecular complexity index is 687. The fourth-order valence-corrected chi connectivity index (χ4v) is 3.06. The molecule has 0 fully saturated rings. The summed E-state index contributed by atoms with van der Waals surface area (Å²) in [6, 6.07) is 3.24. The van der Waals surface area contributed by atoms with Gasteiger partial charge in [0.1, 0.15) is 17.5 Å². The molecule has 0 aliphatic carbocycles. The average molecular weight is 408 g/mol. The van der Waals surface area contributed by atoms with Gasteiger partial charge in [-0.3, -0.25) is 0 Å². The van der Waals surface area contributed by atoms with Gasteiger partial charge in [-0.1, -0.05) is 6.07 Å². The number of hydrogen-bond donors (Lipinski definition) is 3. The Balaban J connectivity index is 1.60. The van der Waals surface area contributed by atoms with Crippen LogP contribution in [-0.2, 0) is 27.1 Å². The Morgan fingerprint density at radius 3 is 2.76 bits per heavy atom. The molecular formula is C21H33N3O5. The minimum absolute atomic E-state index is 0.284. The highest BCUT2D eigenvalue weighted by Gasteiger charge is 2.23. The number of aliphatic carboxylic acids is 1. The number of nitrogens with zero attached hydrogens (tertiary/aromatic N) is 1. The van der Waals surface area contributed by atoms with Crippen molar-refractivity contribution in [3.8, 4) is 0 Å². The molecule has 1 aromatic rings. The van der Waals surface area contributed by atoms with Crippen LogP contribution in [0.1, 0.15) is 57.7 Å². The van der Waals surface area contributed by atoms with E-state index in [-0.39, 0.29) is 6.42 Å². The van der Waals surface area contributed by atoms with Crippen LogP contribution in [0, 0.1) is 0 Å². The molecule has 0 aromatic carbocycles. The van der Waals surface area contributed by atoms with Gasteiger partial charge in [0.25, 0.3) is 0 Å². The Hall–Kier alpha value is -2.35. The van der Waals surface area contributed by atoms with Gasteiger partial charge in [-0.05, 0) is 70.9 Å². The number of carboxylic acids is 1. The summed E-state index contributed by atoms with van der Waals surface area (Å²) in [5.74, 6) is -0.0742. The lowest BCUT2D eigenvalue weighted by Gasteiger charge is -2.22. The molecule has 1 aliphatic heterocycles. The SMILES string of the molecule is CC(C)(C)OC(=O)N[C@@H](CCCOCCCc1ccc2c(n1)NCCC2)C(=O)O. The zero-order chi connectivity index (χ0) is 21.3. The molecule has 1 aromatic heterocycles. The van der Waals surface area contributed by atoms with Crippen LogP contribution in [0.25, 0.3) is 0 Å². The van der Waals surface area contributed by atoms with Crippen LogP contribution in [0.5, 0.6) is 0 Å². The first-order chi connectivity index (χ1) is 13.7. The van der Waals surface area contributed by atoms with Crippen LogP contribution >= 0.6 is 0 Å². The molecule has 1 atom stereocenters. The maximum absolute atomic E-state index is 11.7. The van der Waals surface area contributed by atoms with Crippen molar-refractivity contribution < 1.29 is 24.2 Å². The zero-order valence-electron chi connectivity index (χ0n) is 17.6. The lowest BCUT2D eigenvalue weighted by Crippen LogP contribution is -2.43. The quantitative estimate of drug-likeness (QED) is 0.511. The number of aryl methyl sites for hydroxylation is 2. The van der Waals surface area contributed by atoms with E-state index in [1.165, 1.54) is 5.56 Å². The van der Waals surface area contributed by atoms with Gasteiger partial charge in [0, 0.05) is 25.5 Å². The maximum atomic E-state index is 11.7. The van der Waals surface area contributed by atoms with Gasteiger partial charge >= 0.3 is 12.1 Å². The molecule has 0 spiro atoms. The van der Waals surface area contributed by atoms with Gasteiger partial charge in [-0.2, -0.15) is 0 Å². The first-order valence-electron chi connectivity index (χ1n) is 10.3. The molecule has 2 rings (SSSR count). The molecule has 0 unspecified atom stereocenters. The molecule has 0 saturated heterocycles. The van der Waals surface area contributed by atoms with Gasteiger partial charge in [0.05, 0.1) is 0 Å². The molecule has 1 amide bonds. The number of amides is 1. The Morgan fingerprint density at radius 1 is 1.28 bits per heavy atom. The number of fused-ring (bicyclic) bond motifs is 1. The second-order valence-electron chi connectivity index (χ2n) is 8.24. The molecule has 0 bridgehead atoms. The number of ether oxygens (including phenoxy) is 2. The van der Waals surface area contributed by atoms with Crippen LogP contribution in [0.15, 0.2) is 12.1 Å². The lowest BCUT2D eigenvalue weighted by atomic mass is 10.1. The molecule has 3 N–H and O–H groups in total. The number of carbonyl (C=O) groups is 2. The second-order valence-corrected chi connectivity index (χ2v) is 8.24. The van der Waals surface area contributed by atoms with E-state index in [2.05, 4.69) is 27.8 Å². The predicted octanol–water partition coefficient (Wildman–Crippen LogP) is 3.15. The van der Waals surface area contributed by atoms with Crippen LogP contribution in [0.4, 0.5) is 10.6 Å². The van der Waals surface area contributed by atoms with E-state index in [1.807, 2.05) is 0 Å². The summed E-state index contributed by atoms with van der Waals surface area (Å²) in [4.78, 5) is 27.7. The number of alkyl carbamates (subject to hydrolysis) is 1. The second kappa shape index (κ2) is 11.0. The Morgan fingerprint density at radius 2 is 2.03 bits per heavy atom. The van der Waals surface area contributed by atoms with Crippen LogP contribution < -0.4 is 10.6 Å². The van der Waals surface area contributed by atoms with E-state index in [9.17, 15) is 14.7 Å². The summed E-state index contributed by atoms with van der Waals surface area (Å²) in [6.45, 7) is 7.19. The van der Waals surface area contributed by atoms with Crippen LogP contribution in [0.2, 0.25) is 0 Å². The molecule has 1 aliphatic rings. The Kier molecular flexibility index (Phi) is 8.70. The summed E-state index contributed by atoms with van der Waals surface area (Å²) < 4.78 is 10.7. The van der Waals surface area contributed by atoms with Crippen molar-refractivity contribution in [3.05, 3.63) is 23.4 Å². The van der Waals surface area contributed by atoms with Crippen molar-refractivity contribution in [2.24, 2.45) is 0 Å². The van der Waals surface area contributed by atoms with E-state index < -0.39 is 23.7 Å². The molecule has 29 heavy (non-hydrogen) atoms. The first kappa shape index (κ1) is 22.9. The molecule has 2 heterocycles. The summed E-state index contributed by atoms with van der Waals surface area (Å²) in [5.41, 5.74) is 1.66. The van der Waals surface area contributed by atoms with Gasteiger partial charge < -0.3 is 25.2 Å². The number of rotatable bonds is 10. The fraction of sp³-hybridized carbons (Fsp3) is 0.667. The third kappa shape index (κ3) is 8.68. The predicted molar refractivity (Wildman–Crippen MR) is 110 cm³/mol. The zero-order valence-corrected chi connectivity index (χ0v) is 17.6. The minimum atomic E-state index is -1.08. The minimum Gasteiger partial charge on any atom is -0.480 e. The van der Waals surface area contributed by atoms with Crippen LogP contribution in [-0.4, -0.2) is 53.6 Å². The number of aromatic nitrogens is 1. The number of nitrogens with one attached hydrogen (secondary N) is 2. The van der Waals surface area contributed by atoms with E-state index in [1.54, 1.807) is 20.8 Å². The molecular weight excluding hydrogens is 374 g/mol. The Labute approximate surface area is 172 Å².